The molecule has 1 aliphatic rings. The third-order valence-electron chi connectivity index (χ3n) is 3.97. The van der Waals surface area contributed by atoms with Gasteiger partial charge in [0, 0.05) is 35.3 Å². The standard InChI is InChI=1S/C16H20Cl2N4O/c17-11-6-13(18)15-10(8-21-14(15)7-11)3-4-20-16(19)22-9-12-2-1-5-23-12/h6-8,12,21H,1-5,9H2,(H3,19,20,22). The Hall–Kier alpha value is -1.43. The number of aliphatic imine (C=N–C) groups is 1. The number of aromatic nitrogens is 1. The molecule has 7 heteroatoms. The van der Waals surface area contributed by atoms with Gasteiger partial charge in [0.25, 0.3) is 0 Å². The lowest BCUT2D eigenvalue weighted by molar-refractivity contribution is 0.118. The fourth-order valence-electron chi connectivity index (χ4n) is 2.82. The van der Waals surface area contributed by atoms with Gasteiger partial charge in [-0.1, -0.05) is 23.2 Å². The van der Waals surface area contributed by atoms with Gasteiger partial charge in [-0.2, -0.15) is 0 Å². The van der Waals surface area contributed by atoms with E-state index in [2.05, 4.69) is 15.3 Å². The van der Waals surface area contributed by atoms with Gasteiger partial charge >= 0.3 is 0 Å². The van der Waals surface area contributed by atoms with E-state index in [-0.39, 0.29) is 6.10 Å². The maximum absolute atomic E-state index is 6.29. The summed E-state index contributed by atoms with van der Waals surface area (Å²) < 4.78 is 5.52. The molecule has 1 aromatic heterocycles. The summed E-state index contributed by atoms with van der Waals surface area (Å²) in [5.74, 6) is 0.453. The Balaban J connectivity index is 1.55. The Morgan fingerprint density at radius 3 is 3.09 bits per heavy atom. The monoisotopic (exact) mass is 354 g/mol. The van der Waals surface area contributed by atoms with E-state index in [4.69, 9.17) is 33.7 Å². The molecule has 0 aliphatic carbocycles. The first-order valence-electron chi connectivity index (χ1n) is 7.74. The van der Waals surface area contributed by atoms with Crippen LogP contribution in [0, 0.1) is 0 Å². The number of H-pyrrole nitrogens is 1. The first-order valence-corrected chi connectivity index (χ1v) is 8.49. The van der Waals surface area contributed by atoms with Crippen LogP contribution in [0.25, 0.3) is 10.9 Å². The summed E-state index contributed by atoms with van der Waals surface area (Å²) in [7, 11) is 0. The number of nitrogens with zero attached hydrogens (tertiary/aromatic N) is 1. The average Bonchev–Trinajstić information content (AvgIpc) is 3.15. The van der Waals surface area contributed by atoms with Gasteiger partial charge in [-0.15, -0.1) is 0 Å². The number of ether oxygens (including phenoxy) is 1. The maximum atomic E-state index is 6.29. The molecule has 2 heterocycles. The number of fused-ring (bicyclic) bond motifs is 1. The van der Waals surface area contributed by atoms with Gasteiger partial charge in [-0.3, -0.25) is 4.99 Å². The van der Waals surface area contributed by atoms with Gasteiger partial charge < -0.3 is 20.8 Å². The number of halogens is 2. The van der Waals surface area contributed by atoms with Crippen molar-refractivity contribution in [3.05, 3.63) is 33.9 Å². The van der Waals surface area contributed by atoms with Gasteiger partial charge in [0.2, 0.25) is 0 Å². The molecule has 0 spiro atoms. The Kier molecular flexibility index (Phi) is 5.30. The zero-order chi connectivity index (χ0) is 16.2. The van der Waals surface area contributed by atoms with Gasteiger partial charge in [-0.05, 0) is 37.0 Å². The number of guanidine groups is 1. The summed E-state index contributed by atoms with van der Waals surface area (Å²) in [5, 5.41) is 5.42. The molecule has 0 bridgehead atoms. The molecule has 124 valence electrons. The van der Waals surface area contributed by atoms with E-state index in [9.17, 15) is 0 Å². The Labute approximate surface area is 145 Å². The SMILES string of the molecule is NC(=NCC1CCCO1)NCCc1c[nH]c2cc(Cl)cc(Cl)c12. The van der Waals surface area contributed by atoms with Crippen LogP contribution in [0.15, 0.2) is 23.3 Å². The molecule has 0 saturated carbocycles. The molecule has 5 nitrogen and oxygen atoms in total. The number of nitrogens with one attached hydrogen (secondary N) is 2. The highest BCUT2D eigenvalue weighted by Gasteiger charge is 2.14. The second kappa shape index (κ2) is 7.43. The molecule has 3 rings (SSSR count). The van der Waals surface area contributed by atoms with Gasteiger partial charge in [0.15, 0.2) is 5.96 Å². The molecule has 23 heavy (non-hydrogen) atoms. The second-order valence-electron chi connectivity index (χ2n) is 5.66. The first-order chi connectivity index (χ1) is 11.1. The van der Waals surface area contributed by atoms with Crippen LogP contribution in [0.2, 0.25) is 10.0 Å². The van der Waals surface area contributed by atoms with E-state index < -0.39 is 0 Å². The number of rotatable bonds is 5. The zero-order valence-electron chi connectivity index (χ0n) is 12.7. The first kappa shape index (κ1) is 16.4. The molecule has 4 N–H and O–H groups in total. The van der Waals surface area contributed by atoms with Crippen LogP contribution in [0.4, 0.5) is 0 Å². The van der Waals surface area contributed by atoms with Crippen molar-refractivity contribution < 1.29 is 4.74 Å². The van der Waals surface area contributed by atoms with Crippen LogP contribution in [0.3, 0.4) is 0 Å². The summed E-state index contributed by atoms with van der Waals surface area (Å²) in [5.41, 5.74) is 7.95. The molecule has 1 saturated heterocycles. The van der Waals surface area contributed by atoms with E-state index in [1.807, 2.05) is 12.3 Å². The van der Waals surface area contributed by atoms with Crippen molar-refractivity contribution in [3.63, 3.8) is 0 Å². The third-order valence-corrected chi connectivity index (χ3v) is 4.48. The normalized spacial score (nSPS) is 18.7. The number of benzene rings is 1. The highest BCUT2D eigenvalue weighted by atomic mass is 35.5. The van der Waals surface area contributed by atoms with Gasteiger partial charge in [0.1, 0.15) is 0 Å². The van der Waals surface area contributed by atoms with Crippen molar-refractivity contribution in [2.24, 2.45) is 10.7 Å². The highest BCUT2D eigenvalue weighted by molar-refractivity contribution is 6.38. The molecular weight excluding hydrogens is 335 g/mol. The summed E-state index contributed by atoms with van der Waals surface area (Å²) in [6.07, 6.45) is 5.13. The van der Waals surface area contributed by atoms with Crippen molar-refractivity contribution in [2.45, 2.75) is 25.4 Å². The minimum atomic E-state index is 0.215. The van der Waals surface area contributed by atoms with Crippen LogP contribution in [-0.2, 0) is 11.2 Å². The summed E-state index contributed by atoms with van der Waals surface area (Å²) in [6, 6.07) is 3.63. The Morgan fingerprint density at radius 2 is 2.30 bits per heavy atom. The number of hydrogen-bond acceptors (Lipinski definition) is 2. The predicted molar refractivity (Wildman–Crippen MR) is 95.5 cm³/mol. The van der Waals surface area contributed by atoms with Crippen LogP contribution >= 0.6 is 23.2 Å². The molecule has 0 amide bonds. The van der Waals surface area contributed by atoms with Crippen LogP contribution in [-0.4, -0.2) is 36.7 Å². The van der Waals surface area contributed by atoms with Gasteiger partial charge in [0.05, 0.1) is 17.7 Å². The minimum absolute atomic E-state index is 0.215. The third kappa shape index (κ3) is 4.10. The predicted octanol–water partition coefficient (Wildman–Crippen LogP) is 3.10. The second-order valence-corrected chi connectivity index (χ2v) is 6.51. The van der Waals surface area contributed by atoms with Crippen LogP contribution in [0.5, 0.6) is 0 Å². The molecule has 0 radical (unpaired) electrons. The number of hydrogen-bond donors (Lipinski definition) is 3. The zero-order valence-corrected chi connectivity index (χ0v) is 14.3. The van der Waals surface area contributed by atoms with E-state index in [0.717, 1.165) is 42.3 Å². The van der Waals surface area contributed by atoms with E-state index in [1.165, 1.54) is 0 Å². The van der Waals surface area contributed by atoms with E-state index >= 15 is 0 Å². The van der Waals surface area contributed by atoms with Crippen molar-refractivity contribution in [2.75, 3.05) is 19.7 Å². The lowest BCUT2D eigenvalue weighted by Gasteiger charge is -2.08. The topological polar surface area (TPSA) is 75.4 Å². The quantitative estimate of drug-likeness (QED) is 0.570. The molecule has 1 aliphatic heterocycles. The average molecular weight is 355 g/mol. The smallest absolute Gasteiger partial charge is 0.188 e. The maximum Gasteiger partial charge on any atom is 0.188 e. The molecule has 1 fully saturated rings. The summed E-state index contributed by atoms with van der Waals surface area (Å²) in [6.45, 7) is 2.14. The molecule has 1 aromatic carbocycles. The van der Waals surface area contributed by atoms with E-state index in [1.54, 1.807) is 6.07 Å². The van der Waals surface area contributed by atoms with Crippen LogP contribution < -0.4 is 11.1 Å². The number of aromatic amines is 1. The van der Waals surface area contributed by atoms with Gasteiger partial charge in [-0.25, -0.2) is 0 Å². The van der Waals surface area contributed by atoms with Crippen molar-refractivity contribution in [1.82, 2.24) is 10.3 Å². The molecule has 1 unspecified atom stereocenters. The molecule has 2 aromatic rings. The Bertz CT molecular complexity index is 707. The molecule has 1 atom stereocenters. The largest absolute Gasteiger partial charge is 0.376 e. The summed E-state index contributed by atoms with van der Waals surface area (Å²) >= 11 is 12.3. The van der Waals surface area contributed by atoms with E-state index in [0.29, 0.717) is 29.1 Å². The highest BCUT2D eigenvalue weighted by Crippen LogP contribution is 2.30. The molecular formula is C16H20Cl2N4O. The Morgan fingerprint density at radius 1 is 1.43 bits per heavy atom. The fourth-order valence-corrected chi connectivity index (χ4v) is 3.43. The fraction of sp³-hybridized carbons (Fsp3) is 0.438. The minimum Gasteiger partial charge on any atom is -0.376 e. The van der Waals surface area contributed by atoms with Crippen LogP contribution in [0.1, 0.15) is 18.4 Å². The van der Waals surface area contributed by atoms with Crippen molar-refractivity contribution >= 4 is 40.1 Å². The van der Waals surface area contributed by atoms with Crippen molar-refractivity contribution in [1.29, 1.82) is 0 Å². The lowest BCUT2D eigenvalue weighted by atomic mass is 10.1. The lowest BCUT2D eigenvalue weighted by Crippen LogP contribution is -2.34. The summed E-state index contributed by atoms with van der Waals surface area (Å²) in [4.78, 5) is 7.52. The number of nitrogens with two attached hydrogens (primary N) is 1. The van der Waals surface area contributed by atoms with Crippen molar-refractivity contribution in [3.8, 4) is 0 Å².